The molecule has 2 rings (SSSR count). The van der Waals surface area contributed by atoms with Crippen molar-refractivity contribution in [2.24, 2.45) is 11.7 Å². The number of hydrogen-bond donors (Lipinski definition) is 6. The molecular formula is C26H40N5O9PS. The minimum Gasteiger partial charge on any atom is -0.404 e. The first-order chi connectivity index (χ1) is 19.6. The molecule has 0 unspecified atom stereocenters. The van der Waals surface area contributed by atoms with Gasteiger partial charge in [0.15, 0.2) is 0 Å². The van der Waals surface area contributed by atoms with E-state index in [9.17, 15) is 28.5 Å². The molecule has 0 bridgehead atoms. The van der Waals surface area contributed by atoms with Gasteiger partial charge < -0.3 is 31.1 Å². The highest BCUT2D eigenvalue weighted by Gasteiger charge is 2.40. The molecule has 1 aliphatic rings. The summed E-state index contributed by atoms with van der Waals surface area (Å²) in [7, 11) is -4.74. The van der Waals surface area contributed by atoms with Crippen molar-refractivity contribution < 1.29 is 42.8 Å². The summed E-state index contributed by atoms with van der Waals surface area (Å²) in [5.41, 5.74) is 6.00. The average Bonchev–Trinajstić information content (AvgIpc) is 3.38. The highest BCUT2D eigenvalue weighted by Crippen LogP contribution is 2.37. The fourth-order valence-electron chi connectivity index (χ4n) is 4.55. The van der Waals surface area contributed by atoms with Gasteiger partial charge in [-0.15, -0.1) is 0 Å². The second-order valence-electron chi connectivity index (χ2n) is 10.3. The molecule has 14 nitrogen and oxygen atoms in total. The van der Waals surface area contributed by atoms with Gasteiger partial charge in [0.25, 0.3) is 0 Å². The molecule has 234 valence electrons. The molecule has 0 saturated carbocycles. The summed E-state index contributed by atoms with van der Waals surface area (Å²) in [6.45, 7) is 5.02. The number of phosphoric ester groups is 1. The van der Waals surface area contributed by atoms with Gasteiger partial charge in [0, 0.05) is 19.9 Å². The number of phosphoric acid groups is 1. The maximum absolute atomic E-state index is 13.7. The summed E-state index contributed by atoms with van der Waals surface area (Å²) in [5, 5.41) is 7.96. The second-order valence-corrected chi connectivity index (χ2v) is 12.5. The van der Waals surface area contributed by atoms with Gasteiger partial charge in [0.2, 0.25) is 29.5 Å². The van der Waals surface area contributed by atoms with Crippen molar-refractivity contribution in [3.05, 3.63) is 29.8 Å². The number of thioether (sulfide) groups is 1. The first-order valence-electron chi connectivity index (χ1n) is 13.4. The van der Waals surface area contributed by atoms with E-state index in [1.165, 1.54) is 47.9 Å². The molecule has 4 atom stereocenters. The maximum Gasteiger partial charge on any atom is 0.524 e. The molecule has 0 aliphatic carbocycles. The predicted octanol–water partition coefficient (Wildman–Crippen LogP) is 0.0603. The normalized spacial score (nSPS) is 17.2. The maximum atomic E-state index is 13.7. The Balaban J connectivity index is 2.17. The van der Waals surface area contributed by atoms with E-state index in [4.69, 9.17) is 15.5 Å². The lowest BCUT2D eigenvalue weighted by Crippen LogP contribution is -2.59. The number of amides is 5. The lowest BCUT2D eigenvalue weighted by Gasteiger charge is -2.32. The minimum absolute atomic E-state index is 0.0138. The summed E-state index contributed by atoms with van der Waals surface area (Å²) in [4.78, 5) is 83.1. The number of primary amides is 1. The molecule has 0 radical (unpaired) electrons. The molecular weight excluding hydrogens is 589 g/mol. The fraction of sp³-hybridized carbons (Fsp3) is 0.577. The molecule has 1 aromatic rings. The molecule has 1 saturated heterocycles. The zero-order valence-corrected chi connectivity index (χ0v) is 25.8. The van der Waals surface area contributed by atoms with Gasteiger partial charge in [-0.05, 0) is 54.9 Å². The van der Waals surface area contributed by atoms with E-state index in [0.29, 0.717) is 37.1 Å². The van der Waals surface area contributed by atoms with E-state index in [0.717, 1.165) is 0 Å². The Bertz CT molecular complexity index is 1180. The Labute approximate surface area is 249 Å². The van der Waals surface area contributed by atoms with Crippen LogP contribution in [-0.4, -0.2) is 86.9 Å². The molecule has 0 aromatic heterocycles. The van der Waals surface area contributed by atoms with Gasteiger partial charge in [-0.2, -0.15) is 11.8 Å². The van der Waals surface area contributed by atoms with Crippen molar-refractivity contribution in [2.45, 2.75) is 70.6 Å². The smallest absolute Gasteiger partial charge is 0.404 e. The Hall–Kier alpha value is -3.13. The Morgan fingerprint density at radius 2 is 1.74 bits per heavy atom. The van der Waals surface area contributed by atoms with Crippen molar-refractivity contribution in [1.82, 2.24) is 20.9 Å². The number of nitrogens with zero attached hydrogens (tertiary/aromatic N) is 1. The van der Waals surface area contributed by atoms with Crippen LogP contribution in [0.5, 0.6) is 5.75 Å². The number of likely N-dealkylation sites (tertiary alicyclic amines) is 1. The van der Waals surface area contributed by atoms with Crippen LogP contribution in [0.1, 0.15) is 45.6 Å². The van der Waals surface area contributed by atoms with Crippen LogP contribution in [0, 0.1) is 5.92 Å². The Morgan fingerprint density at radius 3 is 2.26 bits per heavy atom. The zero-order valence-electron chi connectivity index (χ0n) is 24.1. The summed E-state index contributed by atoms with van der Waals surface area (Å²) in [5.74, 6) is -2.54. The predicted molar refractivity (Wildman–Crippen MR) is 156 cm³/mol. The number of hydrogen-bond acceptors (Lipinski definition) is 8. The third-order valence-corrected chi connectivity index (χ3v) is 7.71. The number of rotatable bonds is 15. The van der Waals surface area contributed by atoms with E-state index in [-0.39, 0.29) is 18.1 Å². The van der Waals surface area contributed by atoms with Crippen molar-refractivity contribution in [1.29, 1.82) is 0 Å². The molecule has 5 amide bonds. The van der Waals surface area contributed by atoms with Gasteiger partial charge in [0.05, 0.1) is 0 Å². The van der Waals surface area contributed by atoms with Crippen LogP contribution in [0.25, 0.3) is 0 Å². The lowest BCUT2D eigenvalue weighted by molar-refractivity contribution is -0.143. The molecule has 42 heavy (non-hydrogen) atoms. The van der Waals surface area contributed by atoms with Crippen molar-refractivity contribution in [3.63, 3.8) is 0 Å². The molecule has 1 heterocycles. The van der Waals surface area contributed by atoms with Gasteiger partial charge >= 0.3 is 7.82 Å². The Kier molecular flexibility index (Phi) is 13.3. The first kappa shape index (κ1) is 35.1. The van der Waals surface area contributed by atoms with Crippen molar-refractivity contribution >= 4 is 49.1 Å². The van der Waals surface area contributed by atoms with Crippen LogP contribution in [0.2, 0.25) is 0 Å². The standard InChI is InChI=1S/C26H40N5O9PS/c1-15(2)22(26(36)31-12-5-6-21(31)25(35)29-19(23(27)33)11-13-42-4)30-24(34)20(28-16(3)32)14-17-7-9-18(10-8-17)40-41(37,38)39/h7-10,15,19-22H,5-6,11-14H2,1-4H3,(H2,27,33)(H,28,32)(H,29,35)(H,30,34)(H2,37,38,39)/t19-,20-,21-,22-/m0/s1. The minimum atomic E-state index is -4.74. The summed E-state index contributed by atoms with van der Waals surface area (Å²) in [6, 6.07) is 1.85. The van der Waals surface area contributed by atoms with Crippen LogP contribution >= 0.6 is 19.6 Å². The van der Waals surface area contributed by atoms with Gasteiger partial charge in [-0.1, -0.05) is 26.0 Å². The lowest BCUT2D eigenvalue weighted by atomic mass is 10.00. The van der Waals surface area contributed by atoms with Gasteiger partial charge in [0.1, 0.15) is 29.9 Å². The van der Waals surface area contributed by atoms with Crippen molar-refractivity contribution in [2.75, 3.05) is 18.6 Å². The van der Waals surface area contributed by atoms with Gasteiger partial charge in [-0.3, -0.25) is 33.8 Å². The quantitative estimate of drug-likeness (QED) is 0.143. The highest BCUT2D eigenvalue weighted by molar-refractivity contribution is 7.98. The number of carbonyl (C=O) groups is 5. The van der Waals surface area contributed by atoms with E-state index in [1.807, 2.05) is 6.26 Å². The molecule has 1 fully saturated rings. The number of carbonyl (C=O) groups excluding carboxylic acids is 5. The van der Waals surface area contributed by atoms with Crippen LogP contribution in [0.15, 0.2) is 24.3 Å². The fourth-order valence-corrected chi connectivity index (χ4v) is 5.42. The number of benzene rings is 1. The van der Waals surface area contributed by atoms with Gasteiger partial charge in [-0.25, -0.2) is 4.57 Å². The number of nitrogens with two attached hydrogens (primary N) is 1. The monoisotopic (exact) mass is 629 g/mol. The highest BCUT2D eigenvalue weighted by atomic mass is 32.2. The third-order valence-electron chi connectivity index (χ3n) is 6.62. The SMILES string of the molecule is CSCC[C@H](NC(=O)[C@@H]1CCCN1C(=O)[C@@H](NC(=O)[C@H](Cc1ccc(OP(=O)(O)O)cc1)NC(C)=O)C(C)C)C(N)=O. The second kappa shape index (κ2) is 15.9. The van der Waals surface area contributed by atoms with Crippen LogP contribution in [0.4, 0.5) is 0 Å². The van der Waals surface area contributed by atoms with E-state index in [2.05, 4.69) is 20.5 Å². The zero-order chi connectivity index (χ0) is 31.6. The van der Waals surface area contributed by atoms with Crippen molar-refractivity contribution in [3.8, 4) is 5.75 Å². The van der Waals surface area contributed by atoms with Crippen LogP contribution in [0.3, 0.4) is 0 Å². The number of nitrogens with one attached hydrogen (secondary N) is 3. The molecule has 1 aromatic carbocycles. The van der Waals surface area contributed by atoms with E-state index < -0.39 is 61.5 Å². The van der Waals surface area contributed by atoms with E-state index in [1.54, 1.807) is 13.8 Å². The van der Waals surface area contributed by atoms with E-state index >= 15 is 0 Å². The summed E-state index contributed by atoms with van der Waals surface area (Å²) >= 11 is 1.51. The van der Waals surface area contributed by atoms with Crippen LogP contribution < -0.4 is 26.2 Å². The Morgan fingerprint density at radius 1 is 1.10 bits per heavy atom. The topological polar surface area (TPSA) is 217 Å². The molecule has 1 aliphatic heterocycles. The largest absolute Gasteiger partial charge is 0.524 e. The molecule has 16 heteroatoms. The molecule has 7 N–H and O–H groups in total. The summed E-state index contributed by atoms with van der Waals surface area (Å²) < 4.78 is 15.6. The first-order valence-corrected chi connectivity index (χ1v) is 16.4. The summed E-state index contributed by atoms with van der Waals surface area (Å²) in [6.07, 6.45) is 3.19. The molecule has 0 spiro atoms. The van der Waals surface area contributed by atoms with Crippen LogP contribution in [-0.2, 0) is 35.0 Å². The third kappa shape index (κ3) is 10.9. The average molecular weight is 630 g/mol.